The number of anilines is 1. The van der Waals surface area contributed by atoms with Gasteiger partial charge in [-0.05, 0) is 17.2 Å². The Kier molecular flexibility index (Phi) is 4.87. The topological polar surface area (TPSA) is 46.4 Å². The summed E-state index contributed by atoms with van der Waals surface area (Å²) in [5.41, 5.74) is 3.29. The van der Waals surface area contributed by atoms with E-state index in [4.69, 9.17) is 0 Å². The van der Waals surface area contributed by atoms with E-state index in [-0.39, 0.29) is 10.6 Å². The average Bonchev–Trinajstić information content (AvgIpc) is 2.63. The predicted octanol–water partition coefficient (Wildman–Crippen LogP) is 4.80. The Morgan fingerprint density at radius 1 is 0.750 bits per heavy atom. The zero-order chi connectivity index (χ0) is 16.8. The number of nitrogens with zero attached hydrogens (tertiary/aromatic N) is 2. The van der Waals surface area contributed by atoms with Crippen molar-refractivity contribution in [2.75, 3.05) is 4.90 Å². The van der Waals surface area contributed by atoms with Crippen molar-refractivity contribution in [3.63, 3.8) is 0 Å². The number of benzene rings is 3. The lowest BCUT2D eigenvalue weighted by molar-refractivity contribution is -0.384. The second kappa shape index (κ2) is 7.42. The van der Waals surface area contributed by atoms with E-state index in [1.54, 1.807) is 12.1 Å². The first-order chi connectivity index (χ1) is 11.7. The SMILES string of the molecule is O=[N+]([O-])c1cccc(N(Cc2ccccc2)Cc2ccccc2)c1. The molecule has 0 aliphatic heterocycles. The molecule has 0 radical (unpaired) electrons. The number of rotatable bonds is 6. The first-order valence-corrected chi connectivity index (χ1v) is 7.79. The lowest BCUT2D eigenvalue weighted by Gasteiger charge is -2.25. The van der Waals surface area contributed by atoms with E-state index in [0.29, 0.717) is 13.1 Å². The molecule has 0 spiro atoms. The Balaban J connectivity index is 1.92. The molecule has 0 saturated carbocycles. The average molecular weight is 318 g/mol. The van der Waals surface area contributed by atoms with Crippen LogP contribution in [0.2, 0.25) is 0 Å². The minimum atomic E-state index is -0.354. The van der Waals surface area contributed by atoms with Crippen LogP contribution < -0.4 is 4.90 Å². The summed E-state index contributed by atoms with van der Waals surface area (Å²) in [5, 5.41) is 11.1. The van der Waals surface area contributed by atoms with Crippen molar-refractivity contribution in [2.24, 2.45) is 0 Å². The molecule has 0 amide bonds. The standard InChI is InChI=1S/C20H18N2O2/c23-22(24)20-13-7-12-19(14-20)21(15-17-8-3-1-4-9-17)16-18-10-5-2-6-11-18/h1-14H,15-16H2. The van der Waals surface area contributed by atoms with E-state index in [0.717, 1.165) is 5.69 Å². The van der Waals surface area contributed by atoms with Crippen LogP contribution in [0.4, 0.5) is 11.4 Å². The summed E-state index contributed by atoms with van der Waals surface area (Å²) < 4.78 is 0. The molecular formula is C20H18N2O2. The normalized spacial score (nSPS) is 10.3. The molecule has 0 aliphatic carbocycles. The monoisotopic (exact) mass is 318 g/mol. The van der Waals surface area contributed by atoms with Crippen LogP contribution >= 0.6 is 0 Å². The first kappa shape index (κ1) is 15.7. The van der Waals surface area contributed by atoms with E-state index in [1.807, 2.05) is 42.5 Å². The number of nitro benzene ring substituents is 1. The molecule has 3 rings (SSSR count). The third kappa shape index (κ3) is 3.98. The molecule has 0 unspecified atom stereocenters. The van der Waals surface area contributed by atoms with Crippen LogP contribution in [-0.2, 0) is 13.1 Å². The maximum Gasteiger partial charge on any atom is 0.271 e. The summed E-state index contributed by atoms with van der Waals surface area (Å²) in [6, 6.07) is 27.0. The predicted molar refractivity (Wildman–Crippen MR) is 95.9 cm³/mol. The molecule has 0 fully saturated rings. The Bertz CT molecular complexity index is 763. The zero-order valence-corrected chi connectivity index (χ0v) is 13.2. The summed E-state index contributed by atoms with van der Waals surface area (Å²) in [5.74, 6) is 0. The molecule has 0 bridgehead atoms. The summed E-state index contributed by atoms with van der Waals surface area (Å²) >= 11 is 0. The van der Waals surface area contributed by atoms with Gasteiger partial charge < -0.3 is 4.90 Å². The van der Waals surface area contributed by atoms with Crippen molar-refractivity contribution in [1.82, 2.24) is 0 Å². The number of nitro groups is 1. The first-order valence-electron chi connectivity index (χ1n) is 7.79. The van der Waals surface area contributed by atoms with Crippen molar-refractivity contribution < 1.29 is 4.92 Å². The molecule has 3 aromatic rings. The molecule has 120 valence electrons. The fraction of sp³-hybridized carbons (Fsp3) is 0.100. The van der Waals surface area contributed by atoms with E-state index >= 15 is 0 Å². The Morgan fingerprint density at radius 3 is 1.79 bits per heavy atom. The van der Waals surface area contributed by atoms with Crippen molar-refractivity contribution in [1.29, 1.82) is 0 Å². The molecule has 0 aliphatic rings. The zero-order valence-electron chi connectivity index (χ0n) is 13.2. The lowest BCUT2D eigenvalue weighted by Crippen LogP contribution is -2.22. The van der Waals surface area contributed by atoms with E-state index in [2.05, 4.69) is 29.2 Å². The van der Waals surface area contributed by atoms with Crippen molar-refractivity contribution in [2.45, 2.75) is 13.1 Å². The molecule has 0 aromatic heterocycles. The Hall–Kier alpha value is -3.14. The van der Waals surface area contributed by atoms with Crippen molar-refractivity contribution in [3.8, 4) is 0 Å². The van der Waals surface area contributed by atoms with Gasteiger partial charge in [-0.1, -0.05) is 66.7 Å². The minimum Gasteiger partial charge on any atom is -0.363 e. The molecule has 3 aromatic carbocycles. The molecule has 0 saturated heterocycles. The van der Waals surface area contributed by atoms with Gasteiger partial charge in [-0.3, -0.25) is 10.1 Å². The van der Waals surface area contributed by atoms with Crippen LogP contribution in [0.25, 0.3) is 0 Å². The van der Waals surface area contributed by atoms with E-state index < -0.39 is 0 Å². The van der Waals surface area contributed by atoms with Crippen molar-refractivity contribution in [3.05, 3.63) is 106 Å². The van der Waals surface area contributed by atoms with Gasteiger partial charge in [0.1, 0.15) is 0 Å². The highest BCUT2D eigenvalue weighted by Crippen LogP contribution is 2.24. The van der Waals surface area contributed by atoms with Gasteiger partial charge in [-0.2, -0.15) is 0 Å². The van der Waals surface area contributed by atoms with Gasteiger partial charge in [-0.15, -0.1) is 0 Å². The van der Waals surface area contributed by atoms with Crippen LogP contribution in [0.3, 0.4) is 0 Å². The molecule has 0 atom stereocenters. The quantitative estimate of drug-likeness (QED) is 0.484. The molecule has 4 nitrogen and oxygen atoms in total. The molecule has 4 heteroatoms. The molecular weight excluding hydrogens is 300 g/mol. The number of hydrogen-bond acceptors (Lipinski definition) is 3. The van der Waals surface area contributed by atoms with Gasteiger partial charge in [0.25, 0.3) is 5.69 Å². The smallest absolute Gasteiger partial charge is 0.271 e. The highest BCUT2D eigenvalue weighted by Gasteiger charge is 2.12. The Morgan fingerprint density at radius 2 is 1.29 bits per heavy atom. The summed E-state index contributed by atoms with van der Waals surface area (Å²) in [7, 11) is 0. The lowest BCUT2D eigenvalue weighted by atomic mass is 10.1. The number of non-ortho nitro benzene ring substituents is 1. The van der Waals surface area contributed by atoms with Crippen LogP contribution in [0.15, 0.2) is 84.9 Å². The molecule has 0 heterocycles. The van der Waals surface area contributed by atoms with Gasteiger partial charge in [-0.25, -0.2) is 0 Å². The highest BCUT2D eigenvalue weighted by atomic mass is 16.6. The van der Waals surface area contributed by atoms with Gasteiger partial charge in [0.15, 0.2) is 0 Å². The van der Waals surface area contributed by atoms with Gasteiger partial charge >= 0.3 is 0 Å². The molecule has 24 heavy (non-hydrogen) atoms. The third-order valence-corrected chi connectivity index (χ3v) is 3.84. The molecule has 0 N–H and O–H groups in total. The number of hydrogen-bond donors (Lipinski definition) is 0. The van der Waals surface area contributed by atoms with E-state index in [9.17, 15) is 10.1 Å². The fourth-order valence-electron chi connectivity index (χ4n) is 2.65. The summed E-state index contributed by atoms with van der Waals surface area (Å²) in [6.45, 7) is 1.38. The second-order valence-corrected chi connectivity index (χ2v) is 5.60. The fourth-order valence-corrected chi connectivity index (χ4v) is 2.65. The maximum absolute atomic E-state index is 11.1. The van der Waals surface area contributed by atoms with Crippen LogP contribution in [0.1, 0.15) is 11.1 Å². The Labute approximate surface area is 141 Å². The second-order valence-electron chi connectivity index (χ2n) is 5.60. The van der Waals surface area contributed by atoms with Crippen LogP contribution in [-0.4, -0.2) is 4.92 Å². The van der Waals surface area contributed by atoms with Gasteiger partial charge in [0.05, 0.1) is 4.92 Å². The maximum atomic E-state index is 11.1. The highest BCUT2D eigenvalue weighted by molar-refractivity contribution is 5.54. The van der Waals surface area contributed by atoms with E-state index in [1.165, 1.54) is 17.2 Å². The van der Waals surface area contributed by atoms with Gasteiger partial charge in [0, 0.05) is 30.9 Å². The largest absolute Gasteiger partial charge is 0.363 e. The summed E-state index contributed by atoms with van der Waals surface area (Å²) in [6.07, 6.45) is 0. The summed E-state index contributed by atoms with van der Waals surface area (Å²) in [4.78, 5) is 12.9. The van der Waals surface area contributed by atoms with Crippen molar-refractivity contribution >= 4 is 11.4 Å². The van der Waals surface area contributed by atoms with Gasteiger partial charge in [0.2, 0.25) is 0 Å². The minimum absolute atomic E-state index is 0.110. The third-order valence-electron chi connectivity index (χ3n) is 3.84. The van der Waals surface area contributed by atoms with Crippen LogP contribution in [0, 0.1) is 10.1 Å². The van der Waals surface area contributed by atoms with Crippen LogP contribution in [0.5, 0.6) is 0 Å².